The molecule has 0 aliphatic rings. The van der Waals surface area contributed by atoms with Gasteiger partial charge in [0.25, 0.3) is 0 Å². The molecule has 9 aromatic rings. The van der Waals surface area contributed by atoms with Gasteiger partial charge < -0.3 is 29.1 Å². The van der Waals surface area contributed by atoms with Crippen LogP contribution in [0.4, 0.5) is 68.2 Å². The van der Waals surface area contributed by atoms with Crippen molar-refractivity contribution in [2.45, 2.75) is 0 Å². The Kier molecular flexibility index (Phi) is 12.1. The molecule has 0 saturated heterocycles. The Bertz CT molecular complexity index is 2740. The maximum atomic E-state index is 11.5. The summed E-state index contributed by atoms with van der Waals surface area (Å²) in [5, 5.41) is 0. The molecule has 0 spiro atoms. The molecule has 312 valence electrons. The topological polar surface area (TPSA) is 48.5 Å². The highest BCUT2D eigenvalue weighted by atomic mass is 16.5. The minimum absolute atomic E-state index is 0.631. The van der Waals surface area contributed by atoms with Crippen LogP contribution in [0.5, 0.6) is 11.5 Å². The summed E-state index contributed by atoms with van der Waals surface area (Å²) in [6, 6.07) is 81.0. The molecule has 0 aliphatic heterocycles. The molecule has 0 aliphatic carbocycles. The van der Waals surface area contributed by atoms with Crippen molar-refractivity contribution >= 4 is 74.5 Å². The molecule has 9 rings (SSSR count). The molecule has 7 heteroatoms. The molecule has 0 N–H and O–H groups in total. The Morgan fingerprint density at radius 2 is 0.453 bits per heavy atom. The van der Waals surface area contributed by atoms with Gasteiger partial charge in [0.2, 0.25) is 0 Å². The van der Waals surface area contributed by atoms with Crippen molar-refractivity contribution in [2.75, 3.05) is 33.8 Å². The van der Waals surface area contributed by atoms with E-state index in [4.69, 9.17) is 9.47 Å². The average Bonchev–Trinajstić information content (AvgIpc) is 3.37. The lowest BCUT2D eigenvalue weighted by Crippen LogP contribution is -2.14. The highest BCUT2D eigenvalue weighted by Crippen LogP contribution is 2.43. The zero-order chi connectivity index (χ0) is 43.7. The number of anilines is 12. The van der Waals surface area contributed by atoms with E-state index in [-0.39, 0.29) is 0 Å². The van der Waals surface area contributed by atoms with E-state index in [9.17, 15) is 4.79 Å². The van der Waals surface area contributed by atoms with E-state index in [1.807, 2.05) is 78.9 Å². The number of para-hydroxylation sites is 3. The number of ether oxygens (including phenoxy) is 2. The number of benzene rings is 9. The maximum absolute atomic E-state index is 11.5. The van der Waals surface area contributed by atoms with Crippen LogP contribution in [0.3, 0.4) is 0 Å². The predicted molar refractivity (Wildman–Crippen MR) is 264 cm³/mol. The Labute approximate surface area is 374 Å². The lowest BCUT2D eigenvalue weighted by Gasteiger charge is -2.30. The van der Waals surface area contributed by atoms with Crippen molar-refractivity contribution in [3.63, 3.8) is 0 Å². The molecule has 9 aromatic carbocycles. The average molecular weight is 835 g/mol. The van der Waals surface area contributed by atoms with Crippen LogP contribution >= 0.6 is 0 Å². The number of rotatable bonds is 15. The number of carbonyl (C=O) groups excluding carboxylic acids is 1. The molecule has 0 saturated carbocycles. The van der Waals surface area contributed by atoms with Crippen LogP contribution in [-0.4, -0.2) is 20.5 Å². The van der Waals surface area contributed by atoms with Crippen LogP contribution in [-0.2, 0) is 0 Å². The molecular formula is C57H46N4O3. The standard InChI is InChI=1S/C57H46N4O3/c1-63-56-38-34-54(35-39-56)59(45-14-8-4-9-15-45)49-24-30-52(31-25-49)61(51-28-22-48(23-29-51)58(44-12-6-3-7-13-44)47-20-18-43(42-62)19-21-47)53-32-26-50(27-33-53)60(46-16-10-5-11-17-46)55-36-40-57(64-2)41-37-55/h3-42H,1-2H3. The molecule has 0 amide bonds. The molecule has 0 fully saturated rings. The summed E-state index contributed by atoms with van der Waals surface area (Å²) in [5.74, 6) is 1.61. The Balaban J connectivity index is 1.13. The first-order valence-electron chi connectivity index (χ1n) is 21.1. The number of methoxy groups -OCH3 is 2. The van der Waals surface area contributed by atoms with Gasteiger partial charge in [0.1, 0.15) is 17.8 Å². The van der Waals surface area contributed by atoms with Gasteiger partial charge in [-0.2, -0.15) is 0 Å². The molecule has 0 atom stereocenters. The number of carbonyl (C=O) groups is 1. The second kappa shape index (κ2) is 19.0. The summed E-state index contributed by atoms with van der Waals surface area (Å²) >= 11 is 0. The van der Waals surface area contributed by atoms with E-state index in [1.54, 1.807) is 14.2 Å². The van der Waals surface area contributed by atoms with E-state index in [2.05, 4.69) is 177 Å². The molecule has 0 aromatic heterocycles. The summed E-state index contributed by atoms with van der Waals surface area (Å²) in [6.07, 6.45) is 0.871. The first-order valence-corrected chi connectivity index (χ1v) is 21.1. The third-order valence-electron chi connectivity index (χ3n) is 11.1. The fraction of sp³-hybridized carbons (Fsp3) is 0.0351. The van der Waals surface area contributed by atoms with Crippen molar-refractivity contribution in [2.24, 2.45) is 0 Å². The summed E-state index contributed by atoms with van der Waals surface area (Å²) in [5.41, 5.74) is 12.7. The molecule has 0 bridgehead atoms. The Morgan fingerprint density at radius 3 is 0.656 bits per heavy atom. The van der Waals surface area contributed by atoms with Crippen LogP contribution < -0.4 is 29.1 Å². The fourth-order valence-electron chi connectivity index (χ4n) is 7.94. The van der Waals surface area contributed by atoms with Crippen molar-refractivity contribution < 1.29 is 14.3 Å². The van der Waals surface area contributed by atoms with Crippen molar-refractivity contribution in [1.29, 1.82) is 0 Å². The molecule has 0 radical (unpaired) electrons. The minimum Gasteiger partial charge on any atom is -0.497 e. The van der Waals surface area contributed by atoms with Crippen LogP contribution in [0, 0.1) is 0 Å². The van der Waals surface area contributed by atoms with Gasteiger partial charge >= 0.3 is 0 Å². The number of nitrogens with zero attached hydrogens (tertiary/aromatic N) is 4. The molecule has 0 unspecified atom stereocenters. The van der Waals surface area contributed by atoms with E-state index in [0.29, 0.717) is 5.56 Å². The summed E-state index contributed by atoms with van der Waals surface area (Å²) < 4.78 is 11.0. The van der Waals surface area contributed by atoms with Gasteiger partial charge in [-0.05, 0) is 182 Å². The van der Waals surface area contributed by atoms with Crippen LogP contribution in [0.1, 0.15) is 10.4 Å². The van der Waals surface area contributed by atoms with Gasteiger partial charge in [0.05, 0.1) is 14.2 Å². The van der Waals surface area contributed by atoms with Crippen molar-refractivity contribution in [1.82, 2.24) is 0 Å². The highest BCUT2D eigenvalue weighted by molar-refractivity contribution is 5.85. The number of hydrogen-bond acceptors (Lipinski definition) is 7. The van der Waals surface area contributed by atoms with Gasteiger partial charge in [0, 0.05) is 73.8 Å². The van der Waals surface area contributed by atoms with Gasteiger partial charge in [0.15, 0.2) is 0 Å². The van der Waals surface area contributed by atoms with E-state index in [0.717, 1.165) is 86.0 Å². The second-order valence-corrected chi connectivity index (χ2v) is 15.0. The van der Waals surface area contributed by atoms with Gasteiger partial charge in [-0.15, -0.1) is 0 Å². The monoisotopic (exact) mass is 834 g/mol. The molecule has 64 heavy (non-hydrogen) atoms. The van der Waals surface area contributed by atoms with Gasteiger partial charge in [-0.25, -0.2) is 0 Å². The highest BCUT2D eigenvalue weighted by Gasteiger charge is 2.20. The SMILES string of the molecule is COc1ccc(N(c2ccccc2)c2ccc(N(c3ccc(N(c4ccccc4)c4ccc(C=O)cc4)cc3)c3ccc(N(c4ccccc4)c4ccc(OC)cc4)cc3)cc2)cc1. The predicted octanol–water partition coefficient (Wildman–Crippen LogP) is 15.4. The first kappa shape index (κ1) is 40.8. The largest absolute Gasteiger partial charge is 0.497 e. The number of hydrogen-bond donors (Lipinski definition) is 0. The third kappa shape index (κ3) is 8.77. The lowest BCUT2D eigenvalue weighted by molar-refractivity contribution is 0.112. The zero-order valence-corrected chi connectivity index (χ0v) is 35.6. The normalized spacial score (nSPS) is 10.7. The fourth-order valence-corrected chi connectivity index (χ4v) is 7.94. The smallest absolute Gasteiger partial charge is 0.150 e. The van der Waals surface area contributed by atoms with E-state index >= 15 is 0 Å². The first-order chi connectivity index (χ1) is 31.6. The third-order valence-corrected chi connectivity index (χ3v) is 11.1. The summed E-state index contributed by atoms with van der Waals surface area (Å²) in [4.78, 5) is 20.5. The molecule has 7 nitrogen and oxygen atoms in total. The van der Waals surface area contributed by atoms with Gasteiger partial charge in [-0.3, -0.25) is 4.79 Å². The van der Waals surface area contributed by atoms with Crippen LogP contribution in [0.15, 0.2) is 237 Å². The lowest BCUT2D eigenvalue weighted by atomic mass is 10.1. The maximum Gasteiger partial charge on any atom is 0.150 e. The van der Waals surface area contributed by atoms with Crippen LogP contribution in [0.25, 0.3) is 0 Å². The van der Waals surface area contributed by atoms with Crippen LogP contribution in [0.2, 0.25) is 0 Å². The second-order valence-electron chi connectivity index (χ2n) is 15.0. The summed E-state index contributed by atoms with van der Waals surface area (Å²) in [6.45, 7) is 0. The Morgan fingerprint density at radius 1 is 0.266 bits per heavy atom. The van der Waals surface area contributed by atoms with Gasteiger partial charge in [-0.1, -0.05) is 54.6 Å². The van der Waals surface area contributed by atoms with Crippen molar-refractivity contribution in [3.05, 3.63) is 242 Å². The van der Waals surface area contributed by atoms with Crippen molar-refractivity contribution in [3.8, 4) is 11.5 Å². The summed E-state index contributed by atoms with van der Waals surface area (Å²) in [7, 11) is 3.37. The van der Waals surface area contributed by atoms with E-state index < -0.39 is 0 Å². The molecular weight excluding hydrogens is 789 g/mol. The Hall–Kier alpha value is -8.55. The minimum atomic E-state index is 0.631. The quantitative estimate of drug-likeness (QED) is 0.0954. The van der Waals surface area contributed by atoms with E-state index in [1.165, 1.54) is 0 Å². The zero-order valence-electron chi connectivity index (χ0n) is 35.6. The molecule has 0 heterocycles. The number of aldehydes is 1.